The van der Waals surface area contributed by atoms with Gasteiger partial charge < -0.3 is 24.6 Å². The highest BCUT2D eigenvalue weighted by Gasteiger charge is 2.25. The maximum Gasteiger partial charge on any atom is 0.222 e. The van der Waals surface area contributed by atoms with E-state index in [0.29, 0.717) is 85.0 Å². The minimum atomic E-state index is -0.0534. The van der Waals surface area contributed by atoms with E-state index in [1.54, 1.807) is 24.4 Å². The van der Waals surface area contributed by atoms with Crippen molar-refractivity contribution in [3.8, 4) is 17.7 Å². The molecule has 0 unspecified atom stereocenters. The number of fused-ring (bicyclic) bond motifs is 6. The van der Waals surface area contributed by atoms with Gasteiger partial charge in [0, 0.05) is 44.9 Å². The van der Waals surface area contributed by atoms with Crippen molar-refractivity contribution in [2.45, 2.75) is 12.8 Å². The Labute approximate surface area is 183 Å². The van der Waals surface area contributed by atoms with E-state index in [1.165, 1.54) is 6.33 Å². The summed E-state index contributed by atoms with van der Waals surface area (Å²) >= 11 is 0. The van der Waals surface area contributed by atoms with Crippen LogP contribution in [0.3, 0.4) is 0 Å². The molecule has 6 rings (SSSR count). The quantitative estimate of drug-likeness (QED) is 0.557. The first-order chi connectivity index (χ1) is 15.6. The molecule has 4 bridgehead atoms. The third-order valence-electron chi connectivity index (χ3n) is 5.74. The molecule has 3 aliphatic rings. The van der Waals surface area contributed by atoms with Gasteiger partial charge in [-0.15, -0.1) is 0 Å². The SMILES string of the molecule is N#Cc1ccc2cc1OCCCC(=O)N1CCN(CC1)c1ncnc3[nH]c(O)c(c13)C=N2. The lowest BCUT2D eigenvalue weighted by Gasteiger charge is -2.35. The zero-order chi connectivity index (χ0) is 22.1. The van der Waals surface area contributed by atoms with Gasteiger partial charge in [-0.3, -0.25) is 9.79 Å². The number of H-pyrrole nitrogens is 1. The highest BCUT2D eigenvalue weighted by Crippen LogP contribution is 2.33. The van der Waals surface area contributed by atoms with Crippen LogP contribution < -0.4 is 9.64 Å². The average molecular weight is 431 g/mol. The molecule has 162 valence electrons. The number of amides is 1. The van der Waals surface area contributed by atoms with E-state index < -0.39 is 0 Å². The number of nitrogens with zero attached hydrogens (tertiary/aromatic N) is 6. The standard InChI is InChI=1S/C22H21N7O3/c23-11-14-3-4-15-10-17(14)32-9-1-2-18(30)28-5-7-29(8-6-28)21-19-16(12-24-15)22(31)27-20(19)25-13-26-21/h3-4,10,12-13,31H,1-2,5-9H2,(H,25,26,27). The van der Waals surface area contributed by atoms with Crippen LogP contribution in [0.4, 0.5) is 11.5 Å². The van der Waals surface area contributed by atoms with Crippen molar-refractivity contribution in [2.24, 2.45) is 4.99 Å². The maximum atomic E-state index is 12.6. The molecule has 32 heavy (non-hydrogen) atoms. The molecule has 2 N–H and O–H groups in total. The maximum absolute atomic E-state index is 12.6. The Morgan fingerprint density at radius 1 is 1.16 bits per heavy atom. The van der Waals surface area contributed by atoms with Gasteiger partial charge in [0.05, 0.1) is 28.8 Å². The molecule has 0 aliphatic carbocycles. The van der Waals surface area contributed by atoms with Crippen LogP contribution in [0.5, 0.6) is 11.6 Å². The minimum absolute atomic E-state index is 0.0534. The van der Waals surface area contributed by atoms with Crippen LogP contribution in [0.15, 0.2) is 29.5 Å². The number of ether oxygens (including phenoxy) is 1. The van der Waals surface area contributed by atoms with Gasteiger partial charge in [-0.2, -0.15) is 5.26 Å². The van der Waals surface area contributed by atoms with Gasteiger partial charge in [0.15, 0.2) is 5.88 Å². The fourth-order valence-corrected chi connectivity index (χ4v) is 4.06. The molecule has 0 saturated carbocycles. The number of nitrogens with one attached hydrogen (secondary N) is 1. The first-order valence-electron chi connectivity index (χ1n) is 10.4. The first kappa shape index (κ1) is 19.8. The highest BCUT2D eigenvalue weighted by molar-refractivity contribution is 6.06. The number of benzene rings is 1. The third-order valence-corrected chi connectivity index (χ3v) is 5.74. The Kier molecular flexibility index (Phi) is 5.07. The number of nitriles is 1. The lowest BCUT2D eigenvalue weighted by molar-refractivity contribution is -0.131. The lowest BCUT2D eigenvalue weighted by atomic mass is 10.2. The molecule has 0 atom stereocenters. The van der Waals surface area contributed by atoms with E-state index in [0.717, 1.165) is 0 Å². The molecular weight excluding hydrogens is 410 g/mol. The summed E-state index contributed by atoms with van der Waals surface area (Å²) in [5, 5.41) is 20.6. The Bertz CT molecular complexity index is 1250. The van der Waals surface area contributed by atoms with Crippen LogP contribution in [0.2, 0.25) is 0 Å². The van der Waals surface area contributed by atoms with Gasteiger partial charge in [-0.1, -0.05) is 0 Å². The van der Waals surface area contributed by atoms with Crippen molar-refractivity contribution in [1.29, 1.82) is 5.26 Å². The largest absolute Gasteiger partial charge is 0.494 e. The summed E-state index contributed by atoms with van der Waals surface area (Å²) in [4.78, 5) is 32.7. The Balaban J connectivity index is 1.61. The van der Waals surface area contributed by atoms with E-state index in [1.807, 2.05) is 4.90 Å². The second-order valence-corrected chi connectivity index (χ2v) is 7.68. The number of hydrogen-bond acceptors (Lipinski definition) is 8. The summed E-state index contributed by atoms with van der Waals surface area (Å²) in [6.07, 6.45) is 3.96. The molecule has 1 amide bonds. The van der Waals surface area contributed by atoms with E-state index >= 15 is 0 Å². The molecular formula is C22H21N7O3. The second kappa shape index (κ2) is 8.19. The third kappa shape index (κ3) is 3.58. The molecule has 2 aromatic heterocycles. The second-order valence-electron chi connectivity index (χ2n) is 7.68. The Hall–Kier alpha value is -4.13. The van der Waals surface area contributed by atoms with Crippen molar-refractivity contribution in [1.82, 2.24) is 19.9 Å². The highest BCUT2D eigenvalue weighted by atomic mass is 16.5. The van der Waals surface area contributed by atoms with Gasteiger partial charge in [0.2, 0.25) is 5.91 Å². The van der Waals surface area contributed by atoms with E-state index in [-0.39, 0.29) is 11.8 Å². The zero-order valence-electron chi connectivity index (χ0n) is 17.3. The van der Waals surface area contributed by atoms with E-state index in [9.17, 15) is 15.2 Å². The number of aromatic amines is 1. The number of piperazine rings is 1. The lowest BCUT2D eigenvalue weighted by Crippen LogP contribution is -2.49. The fourth-order valence-electron chi connectivity index (χ4n) is 4.06. The summed E-state index contributed by atoms with van der Waals surface area (Å²) in [5.74, 6) is 1.14. The van der Waals surface area contributed by atoms with Crippen molar-refractivity contribution in [3.63, 3.8) is 0 Å². The van der Waals surface area contributed by atoms with Crippen LogP contribution in [-0.4, -0.2) is 69.9 Å². The smallest absolute Gasteiger partial charge is 0.222 e. The molecule has 10 nitrogen and oxygen atoms in total. The summed E-state index contributed by atoms with van der Waals surface area (Å²) in [5.41, 5.74) is 1.95. The number of carbonyl (C=O) groups is 1. The Morgan fingerprint density at radius 3 is 2.78 bits per heavy atom. The van der Waals surface area contributed by atoms with Crippen molar-refractivity contribution in [2.75, 3.05) is 37.7 Å². The van der Waals surface area contributed by atoms with Crippen LogP contribution in [-0.2, 0) is 4.79 Å². The van der Waals surface area contributed by atoms with Crippen LogP contribution in [0.1, 0.15) is 24.0 Å². The van der Waals surface area contributed by atoms with Crippen molar-refractivity contribution in [3.05, 3.63) is 35.7 Å². The summed E-state index contributed by atoms with van der Waals surface area (Å²) < 4.78 is 5.79. The number of rotatable bonds is 0. The molecule has 0 spiro atoms. The minimum Gasteiger partial charge on any atom is -0.494 e. The number of carbonyl (C=O) groups excluding carboxylic acids is 1. The molecule has 0 radical (unpaired) electrons. The Morgan fingerprint density at radius 2 is 1.97 bits per heavy atom. The molecule has 1 saturated heterocycles. The summed E-state index contributed by atoms with van der Waals surface area (Å²) in [7, 11) is 0. The topological polar surface area (TPSA) is 131 Å². The average Bonchev–Trinajstić information content (AvgIpc) is 3.15. The van der Waals surface area contributed by atoms with Gasteiger partial charge in [0.1, 0.15) is 29.6 Å². The summed E-state index contributed by atoms with van der Waals surface area (Å²) in [6, 6.07) is 7.14. The number of hydrogen-bond donors (Lipinski definition) is 2. The number of aromatic hydroxyl groups is 1. The molecule has 3 aliphatic heterocycles. The zero-order valence-corrected chi connectivity index (χ0v) is 17.3. The van der Waals surface area contributed by atoms with Gasteiger partial charge in [-0.05, 0) is 18.6 Å². The van der Waals surface area contributed by atoms with E-state index in [4.69, 9.17) is 4.74 Å². The molecule has 10 heteroatoms. The normalized spacial score (nSPS) is 16.7. The van der Waals surface area contributed by atoms with Crippen molar-refractivity contribution >= 4 is 34.7 Å². The number of aromatic nitrogens is 3. The van der Waals surface area contributed by atoms with Gasteiger partial charge in [0.25, 0.3) is 0 Å². The molecule has 1 fully saturated rings. The first-order valence-corrected chi connectivity index (χ1v) is 10.4. The van der Waals surface area contributed by atoms with Crippen LogP contribution in [0.25, 0.3) is 11.0 Å². The fraction of sp³-hybridized carbons (Fsp3) is 0.318. The van der Waals surface area contributed by atoms with Crippen LogP contribution >= 0.6 is 0 Å². The monoisotopic (exact) mass is 431 g/mol. The van der Waals surface area contributed by atoms with Crippen molar-refractivity contribution < 1.29 is 14.6 Å². The molecule has 1 aromatic carbocycles. The number of anilines is 1. The number of aliphatic imine (C=N–C) groups is 1. The van der Waals surface area contributed by atoms with E-state index in [2.05, 4.69) is 30.9 Å². The predicted octanol–water partition coefficient (Wildman–Crippen LogP) is 2.11. The molecule has 3 aromatic rings. The van der Waals surface area contributed by atoms with Crippen LogP contribution in [0, 0.1) is 11.3 Å². The van der Waals surface area contributed by atoms with Gasteiger partial charge >= 0.3 is 0 Å². The van der Waals surface area contributed by atoms with Gasteiger partial charge in [-0.25, -0.2) is 9.97 Å². The predicted molar refractivity (Wildman–Crippen MR) is 117 cm³/mol. The summed E-state index contributed by atoms with van der Waals surface area (Å²) in [6.45, 7) is 2.76. The molecule has 5 heterocycles.